The Labute approximate surface area is 93.8 Å². The molecule has 0 aromatic carbocycles. The van der Waals surface area contributed by atoms with Crippen molar-refractivity contribution in [2.75, 3.05) is 26.9 Å². The second kappa shape index (κ2) is 7.56. The lowest BCUT2D eigenvalue weighted by molar-refractivity contribution is 0.199. The predicted molar refractivity (Wildman–Crippen MR) is 59.3 cm³/mol. The molecule has 15 heavy (non-hydrogen) atoms. The molecule has 0 bridgehead atoms. The van der Waals surface area contributed by atoms with Crippen molar-refractivity contribution in [1.29, 1.82) is 0 Å². The first kappa shape index (κ1) is 12.4. The van der Waals surface area contributed by atoms with Gasteiger partial charge in [0.05, 0.1) is 13.2 Å². The van der Waals surface area contributed by atoms with Gasteiger partial charge in [0.15, 0.2) is 0 Å². The molecule has 0 atom stereocenters. The summed E-state index contributed by atoms with van der Waals surface area (Å²) in [7, 11) is 1.68. The highest BCUT2D eigenvalue weighted by Crippen LogP contribution is 2.17. The maximum absolute atomic E-state index is 5.36. The number of hydrogen-bond acceptors (Lipinski definition) is 6. The van der Waals surface area contributed by atoms with Gasteiger partial charge < -0.3 is 14.8 Å². The molecule has 0 radical (unpaired) electrons. The first-order valence-electron chi connectivity index (χ1n) is 5.01. The minimum atomic E-state index is 0.653. The molecular formula is C9H17N3O2S. The SMILES string of the molecule is CCCOc1nnc(CNCCOC)s1. The van der Waals surface area contributed by atoms with E-state index < -0.39 is 0 Å². The maximum Gasteiger partial charge on any atom is 0.294 e. The largest absolute Gasteiger partial charge is 0.469 e. The molecule has 86 valence electrons. The van der Waals surface area contributed by atoms with Gasteiger partial charge in [0, 0.05) is 20.2 Å². The number of hydrogen-bond donors (Lipinski definition) is 1. The van der Waals surface area contributed by atoms with Gasteiger partial charge in [0.25, 0.3) is 5.19 Å². The summed E-state index contributed by atoms with van der Waals surface area (Å²) in [5, 5.41) is 12.7. The molecule has 5 nitrogen and oxygen atoms in total. The van der Waals surface area contributed by atoms with E-state index in [1.807, 2.05) is 0 Å². The Morgan fingerprint density at radius 2 is 2.20 bits per heavy atom. The molecule has 0 saturated carbocycles. The van der Waals surface area contributed by atoms with Gasteiger partial charge >= 0.3 is 0 Å². The van der Waals surface area contributed by atoms with Gasteiger partial charge in [-0.3, -0.25) is 0 Å². The second-order valence-corrected chi connectivity index (χ2v) is 4.00. The number of nitrogens with zero attached hydrogens (tertiary/aromatic N) is 2. The molecule has 1 aromatic heterocycles. The van der Waals surface area contributed by atoms with Crippen molar-refractivity contribution < 1.29 is 9.47 Å². The van der Waals surface area contributed by atoms with Crippen LogP contribution in [0.2, 0.25) is 0 Å². The third kappa shape index (κ3) is 5.06. The number of nitrogens with one attached hydrogen (secondary N) is 1. The summed E-state index contributed by atoms with van der Waals surface area (Å²) in [5.41, 5.74) is 0. The van der Waals surface area contributed by atoms with E-state index in [2.05, 4.69) is 22.4 Å². The van der Waals surface area contributed by atoms with Gasteiger partial charge in [-0.15, -0.1) is 10.2 Å². The predicted octanol–water partition coefficient (Wildman–Crippen LogP) is 1.06. The van der Waals surface area contributed by atoms with Crippen LogP contribution in [0, 0.1) is 0 Å². The molecule has 0 amide bonds. The van der Waals surface area contributed by atoms with Crippen molar-refractivity contribution in [1.82, 2.24) is 15.5 Å². The van der Waals surface area contributed by atoms with Crippen LogP contribution in [0.25, 0.3) is 0 Å². The van der Waals surface area contributed by atoms with Crippen LogP contribution in [0.4, 0.5) is 0 Å². The van der Waals surface area contributed by atoms with E-state index in [9.17, 15) is 0 Å². The fraction of sp³-hybridized carbons (Fsp3) is 0.778. The quantitative estimate of drug-likeness (QED) is 0.678. The van der Waals surface area contributed by atoms with Gasteiger partial charge in [-0.05, 0) is 6.42 Å². The summed E-state index contributed by atoms with van der Waals surface area (Å²) in [5.74, 6) is 0. The second-order valence-electron chi connectivity index (χ2n) is 2.98. The van der Waals surface area contributed by atoms with E-state index in [4.69, 9.17) is 9.47 Å². The maximum atomic E-state index is 5.36. The normalized spacial score (nSPS) is 10.5. The average Bonchev–Trinajstić information content (AvgIpc) is 2.69. The van der Waals surface area contributed by atoms with Crippen molar-refractivity contribution in [2.45, 2.75) is 19.9 Å². The van der Waals surface area contributed by atoms with Crippen molar-refractivity contribution in [2.24, 2.45) is 0 Å². The molecule has 0 unspecified atom stereocenters. The third-order valence-electron chi connectivity index (χ3n) is 1.64. The van der Waals surface area contributed by atoms with Crippen LogP contribution in [0.5, 0.6) is 5.19 Å². The summed E-state index contributed by atoms with van der Waals surface area (Å²) in [6.45, 7) is 5.01. The van der Waals surface area contributed by atoms with Crippen LogP contribution < -0.4 is 10.1 Å². The topological polar surface area (TPSA) is 56.3 Å². The van der Waals surface area contributed by atoms with Crippen LogP contribution in [0.3, 0.4) is 0 Å². The summed E-state index contributed by atoms with van der Waals surface area (Å²) in [4.78, 5) is 0. The summed E-state index contributed by atoms with van der Waals surface area (Å²) in [6, 6.07) is 0. The molecule has 1 N–H and O–H groups in total. The number of methoxy groups -OCH3 is 1. The lowest BCUT2D eigenvalue weighted by Gasteiger charge is -1.99. The first-order chi connectivity index (χ1) is 7.36. The molecule has 0 fully saturated rings. The Kier molecular flexibility index (Phi) is 6.22. The highest BCUT2D eigenvalue weighted by molar-refractivity contribution is 7.13. The fourth-order valence-electron chi connectivity index (χ4n) is 0.927. The Morgan fingerprint density at radius 3 is 2.93 bits per heavy atom. The molecule has 0 saturated heterocycles. The van der Waals surface area contributed by atoms with Gasteiger partial charge in [-0.2, -0.15) is 0 Å². The average molecular weight is 231 g/mol. The Morgan fingerprint density at radius 1 is 1.33 bits per heavy atom. The van der Waals surface area contributed by atoms with Crippen LogP contribution in [-0.4, -0.2) is 37.1 Å². The number of ether oxygens (including phenoxy) is 2. The van der Waals surface area contributed by atoms with E-state index in [1.165, 1.54) is 11.3 Å². The van der Waals surface area contributed by atoms with E-state index >= 15 is 0 Å². The first-order valence-corrected chi connectivity index (χ1v) is 5.83. The number of aromatic nitrogens is 2. The standard InChI is InChI=1S/C9H17N3O2S/c1-3-5-14-9-12-11-8(15-9)7-10-4-6-13-2/h10H,3-7H2,1-2H3. The lowest BCUT2D eigenvalue weighted by Crippen LogP contribution is -2.18. The van der Waals surface area contributed by atoms with Gasteiger partial charge in [-0.1, -0.05) is 18.3 Å². The highest BCUT2D eigenvalue weighted by Gasteiger charge is 2.03. The lowest BCUT2D eigenvalue weighted by atomic mass is 10.5. The van der Waals surface area contributed by atoms with Gasteiger partial charge in [-0.25, -0.2) is 0 Å². The van der Waals surface area contributed by atoms with Gasteiger partial charge in [0.1, 0.15) is 5.01 Å². The molecule has 0 aliphatic heterocycles. The molecule has 1 rings (SSSR count). The van der Waals surface area contributed by atoms with Crippen molar-refractivity contribution in [3.63, 3.8) is 0 Å². The van der Waals surface area contributed by atoms with Crippen LogP contribution in [0.1, 0.15) is 18.4 Å². The van der Waals surface area contributed by atoms with Crippen LogP contribution in [-0.2, 0) is 11.3 Å². The van der Waals surface area contributed by atoms with Gasteiger partial charge in [0.2, 0.25) is 0 Å². The van der Waals surface area contributed by atoms with Crippen LogP contribution in [0.15, 0.2) is 0 Å². The van der Waals surface area contributed by atoms with E-state index in [1.54, 1.807) is 7.11 Å². The zero-order valence-electron chi connectivity index (χ0n) is 9.15. The monoisotopic (exact) mass is 231 g/mol. The van der Waals surface area contributed by atoms with Crippen molar-refractivity contribution in [3.8, 4) is 5.19 Å². The van der Waals surface area contributed by atoms with E-state index in [-0.39, 0.29) is 0 Å². The van der Waals surface area contributed by atoms with E-state index in [0.29, 0.717) is 18.4 Å². The molecule has 6 heteroatoms. The number of rotatable bonds is 8. The van der Waals surface area contributed by atoms with Crippen molar-refractivity contribution in [3.05, 3.63) is 5.01 Å². The Hall–Kier alpha value is -0.720. The molecule has 1 heterocycles. The Balaban J connectivity index is 2.20. The van der Waals surface area contributed by atoms with Crippen molar-refractivity contribution >= 4 is 11.3 Å². The highest BCUT2D eigenvalue weighted by atomic mass is 32.1. The summed E-state index contributed by atoms with van der Waals surface area (Å²) in [6.07, 6.45) is 0.987. The smallest absolute Gasteiger partial charge is 0.294 e. The summed E-state index contributed by atoms with van der Waals surface area (Å²) >= 11 is 1.48. The zero-order chi connectivity index (χ0) is 10.9. The summed E-state index contributed by atoms with van der Waals surface area (Å²) < 4.78 is 10.3. The molecule has 0 aliphatic carbocycles. The Bertz CT molecular complexity index is 268. The molecule has 1 aromatic rings. The molecular weight excluding hydrogens is 214 g/mol. The van der Waals surface area contributed by atoms with E-state index in [0.717, 1.165) is 24.5 Å². The molecule has 0 spiro atoms. The third-order valence-corrected chi connectivity index (χ3v) is 2.47. The minimum absolute atomic E-state index is 0.653. The fourth-order valence-corrected chi connectivity index (χ4v) is 1.61. The zero-order valence-corrected chi connectivity index (χ0v) is 9.97. The molecule has 0 aliphatic rings. The minimum Gasteiger partial charge on any atom is -0.469 e. The van der Waals surface area contributed by atoms with Crippen LogP contribution >= 0.6 is 11.3 Å².